The molecule has 0 unspecified atom stereocenters. The summed E-state index contributed by atoms with van der Waals surface area (Å²) in [7, 11) is 0. The summed E-state index contributed by atoms with van der Waals surface area (Å²) in [5.74, 6) is 1.12. The summed E-state index contributed by atoms with van der Waals surface area (Å²) in [6, 6.07) is 5.78. The molecule has 0 amide bonds. The minimum absolute atomic E-state index is 0.134. The molecule has 1 aromatic heterocycles. The number of aryl methyl sites for hydroxylation is 1. The van der Waals surface area contributed by atoms with Gasteiger partial charge in [-0.25, -0.2) is 4.98 Å². The molecule has 88 valence electrons. The van der Waals surface area contributed by atoms with Gasteiger partial charge in [-0.1, -0.05) is 23.7 Å². The summed E-state index contributed by atoms with van der Waals surface area (Å²) in [5.41, 5.74) is 7.67. The van der Waals surface area contributed by atoms with Crippen LogP contribution in [-0.2, 0) is 0 Å². The molecular formula is C12H12ClN3O. The maximum Gasteiger partial charge on any atom is 0.243 e. The van der Waals surface area contributed by atoms with Gasteiger partial charge in [-0.15, -0.1) is 0 Å². The molecule has 4 nitrogen and oxygen atoms in total. The predicted octanol–water partition coefficient (Wildman–Crippen LogP) is 3.12. The van der Waals surface area contributed by atoms with E-state index in [-0.39, 0.29) is 11.8 Å². The number of nitrogens with two attached hydrogens (primary N) is 1. The molecule has 0 saturated heterocycles. The average molecular weight is 250 g/mol. The highest BCUT2D eigenvalue weighted by Gasteiger charge is 2.09. The van der Waals surface area contributed by atoms with Crippen molar-refractivity contribution < 1.29 is 4.74 Å². The van der Waals surface area contributed by atoms with Crippen molar-refractivity contribution >= 4 is 17.5 Å². The Morgan fingerprint density at radius 1 is 1.29 bits per heavy atom. The van der Waals surface area contributed by atoms with Crippen LogP contribution in [0, 0.1) is 13.8 Å². The van der Waals surface area contributed by atoms with E-state index in [1.165, 1.54) is 6.20 Å². The molecule has 0 saturated carbocycles. The Morgan fingerprint density at radius 3 is 2.82 bits per heavy atom. The monoisotopic (exact) mass is 249 g/mol. The van der Waals surface area contributed by atoms with Crippen LogP contribution in [0.2, 0.25) is 5.02 Å². The van der Waals surface area contributed by atoms with Gasteiger partial charge in [-0.3, -0.25) is 0 Å². The van der Waals surface area contributed by atoms with Gasteiger partial charge in [-0.2, -0.15) is 4.98 Å². The van der Waals surface area contributed by atoms with Crippen molar-refractivity contribution in [2.75, 3.05) is 5.73 Å². The number of hydrogen-bond donors (Lipinski definition) is 1. The summed E-state index contributed by atoms with van der Waals surface area (Å²) < 4.78 is 5.64. The van der Waals surface area contributed by atoms with Gasteiger partial charge >= 0.3 is 0 Å². The van der Waals surface area contributed by atoms with Gasteiger partial charge in [0, 0.05) is 0 Å². The van der Waals surface area contributed by atoms with Gasteiger partial charge in [0.05, 0.1) is 6.20 Å². The second-order valence-corrected chi connectivity index (χ2v) is 4.09. The Morgan fingerprint density at radius 2 is 2.06 bits per heavy atom. The quantitative estimate of drug-likeness (QED) is 0.888. The van der Waals surface area contributed by atoms with Crippen molar-refractivity contribution in [3.05, 3.63) is 40.5 Å². The molecule has 2 N–H and O–H groups in total. The van der Waals surface area contributed by atoms with Gasteiger partial charge in [0.15, 0.2) is 0 Å². The zero-order valence-corrected chi connectivity index (χ0v) is 10.3. The lowest BCUT2D eigenvalue weighted by Crippen LogP contribution is -1.98. The summed E-state index contributed by atoms with van der Waals surface area (Å²) in [6.07, 6.45) is 1.42. The van der Waals surface area contributed by atoms with E-state index in [4.69, 9.17) is 22.1 Å². The summed E-state index contributed by atoms with van der Waals surface area (Å²) >= 11 is 5.93. The summed E-state index contributed by atoms with van der Waals surface area (Å²) in [5, 5.41) is 0.333. The van der Waals surface area contributed by atoms with E-state index < -0.39 is 0 Å². The van der Waals surface area contributed by atoms with E-state index in [0.717, 1.165) is 11.1 Å². The van der Waals surface area contributed by atoms with Crippen molar-refractivity contribution in [3.8, 4) is 11.6 Å². The number of ether oxygens (including phenoxy) is 1. The van der Waals surface area contributed by atoms with Crippen LogP contribution in [0.25, 0.3) is 0 Å². The minimum atomic E-state index is 0.134. The topological polar surface area (TPSA) is 61.0 Å². The molecule has 2 rings (SSSR count). The Balaban J connectivity index is 2.38. The highest BCUT2D eigenvalue weighted by Crippen LogP contribution is 2.30. The fourth-order valence-electron chi connectivity index (χ4n) is 1.37. The number of anilines is 1. The fourth-order valence-corrected chi connectivity index (χ4v) is 1.50. The van der Waals surface area contributed by atoms with Crippen molar-refractivity contribution in [1.82, 2.24) is 9.97 Å². The number of nitrogens with zero attached hydrogens (tertiary/aromatic N) is 2. The van der Waals surface area contributed by atoms with Crippen molar-refractivity contribution in [2.24, 2.45) is 0 Å². The Labute approximate surface area is 104 Å². The lowest BCUT2D eigenvalue weighted by molar-refractivity contribution is 0.459. The van der Waals surface area contributed by atoms with Crippen LogP contribution in [0.5, 0.6) is 11.6 Å². The zero-order valence-electron chi connectivity index (χ0n) is 9.57. The molecule has 1 aromatic carbocycles. The standard InChI is InChI=1S/C12H12ClN3O/c1-7-4-3-5-10(8(7)2)17-11-9(13)6-15-12(14)16-11/h3-6H,1-2H3,(H2,14,15,16). The molecule has 0 bridgehead atoms. The predicted molar refractivity (Wildman–Crippen MR) is 67.4 cm³/mol. The number of rotatable bonds is 2. The number of halogens is 1. The number of nitrogen functional groups attached to an aromatic ring is 1. The van der Waals surface area contributed by atoms with Gasteiger partial charge < -0.3 is 10.5 Å². The third-order valence-electron chi connectivity index (χ3n) is 2.49. The van der Waals surface area contributed by atoms with Crippen LogP contribution in [0.3, 0.4) is 0 Å². The van der Waals surface area contributed by atoms with Gasteiger partial charge in [0.25, 0.3) is 0 Å². The largest absolute Gasteiger partial charge is 0.437 e. The molecular weight excluding hydrogens is 238 g/mol. The van der Waals surface area contributed by atoms with Crippen LogP contribution in [-0.4, -0.2) is 9.97 Å². The van der Waals surface area contributed by atoms with Gasteiger partial charge in [0.2, 0.25) is 11.8 Å². The van der Waals surface area contributed by atoms with E-state index in [1.54, 1.807) is 0 Å². The van der Waals surface area contributed by atoms with E-state index in [1.807, 2.05) is 32.0 Å². The molecule has 0 radical (unpaired) electrons. The van der Waals surface area contributed by atoms with Crippen LogP contribution >= 0.6 is 11.6 Å². The Bertz CT molecular complexity index is 557. The van der Waals surface area contributed by atoms with E-state index >= 15 is 0 Å². The molecule has 0 atom stereocenters. The number of hydrogen-bond acceptors (Lipinski definition) is 4. The average Bonchev–Trinajstić information content (AvgIpc) is 2.30. The molecule has 2 aromatic rings. The van der Waals surface area contributed by atoms with Crippen LogP contribution in [0.4, 0.5) is 5.95 Å². The van der Waals surface area contributed by atoms with Gasteiger partial charge in [-0.05, 0) is 31.0 Å². The SMILES string of the molecule is Cc1cccc(Oc2nc(N)ncc2Cl)c1C. The first kappa shape index (κ1) is 11.7. The van der Waals surface area contributed by atoms with E-state index in [0.29, 0.717) is 10.8 Å². The van der Waals surface area contributed by atoms with Crippen molar-refractivity contribution in [1.29, 1.82) is 0 Å². The summed E-state index contributed by atoms with van der Waals surface area (Å²) in [4.78, 5) is 7.73. The Kier molecular flexibility index (Phi) is 3.15. The normalized spacial score (nSPS) is 10.3. The van der Waals surface area contributed by atoms with Crippen LogP contribution in [0.15, 0.2) is 24.4 Å². The Hall–Kier alpha value is -1.81. The zero-order chi connectivity index (χ0) is 12.4. The molecule has 0 spiro atoms. The first-order valence-corrected chi connectivity index (χ1v) is 5.48. The third kappa shape index (κ3) is 2.47. The number of aromatic nitrogens is 2. The first-order chi connectivity index (χ1) is 8.08. The van der Waals surface area contributed by atoms with E-state index in [2.05, 4.69) is 9.97 Å². The second kappa shape index (κ2) is 4.59. The highest BCUT2D eigenvalue weighted by atomic mass is 35.5. The molecule has 17 heavy (non-hydrogen) atoms. The minimum Gasteiger partial charge on any atom is -0.437 e. The van der Waals surface area contributed by atoms with Crippen molar-refractivity contribution in [2.45, 2.75) is 13.8 Å². The fraction of sp³-hybridized carbons (Fsp3) is 0.167. The first-order valence-electron chi connectivity index (χ1n) is 5.10. The number of benzene rings is 1. The maximum atomic E-state index is 5.93. The van der Waals surface area contributed by atoms with Gasteiger partial charge in [0.1, 0.15) is 10.8 Å². The van der Waals surface area contributed by atoms with Crippen molar-refractivity contribution in [3.63, 3.8) is 0 Å². The molecule has 5 heteroatoms. The van der Waals surface area contributed by atoms with Crippen LogP contribution < -0.4 is 10.5 Å². The summed E-state index contributed by atoms with van der Waals surface area (Å²) in [6.45, 7) is 3.99. The lowest BCUT2D eigenvalue weighted by Gasteiger charge is -2.10. The molecule has 0 fully saturated rings. The smallest absolute Gasteiger partial charge is 0.243 e. The third-order valence-corrected chi connectivity index (χ3v) is 2.75. The van der Waals surface area contributed by atoms with E-state index in [9.17, 15) is 0 Å². The van der Waals surface area contributed by atoms with Crippen LogP contribution in [0.1, 0.15) is 11.1 Å². The maximum absolute atomic E-state index is 5.93. The molecule has 1 heterocycles. The molecule has 0 aliphatic carbocycles. The molecule has 0 aliphatic heterocycles. The molecule has 0 aliphatic rings. The lowest BCUT2D eigenvalue weighted by atomic mass is 10.1. The highest BCUT2D eigenvalue weighted by molar-refractivity contribution is 6.31. The second-order valence-electron chi connectivity index (χ2n) is 3.68.